The van der Waals surface area contributed by atoms with Crippen molar-refractivity contribution in [2.24, 2.45) is 11.7 Å². The molecule has 9 nitrogen and oxygen atoms in total. The fraction of sp³-hybridized carbons (Fsp3) is 0.455. The lowest BCUT2D eigenvalue weighted by Crippen LogP contribution is -2.61. The highest BCUT2D eigenvalue weighted by Crippen LogP contribution is 2.33. The first-order valence-corrected chi connectivity index (χ1v) is 11.2. The molecule has 0 radical (unpaired) electrons. The van der Waals surface area contributed by atoms with Crippen molar-refractivity contribution < 1.29 is 31.5 Å². The lowest BCUT2D eigenvalue weighted by molar-refractivity contribution is -0.140. The lowest BCUT2D eigenvalue weighted by atomic mass is 9.87. The number of benzene rings is 1. The van der Waals surface area contributed by atoms with Gasteiger partial charge in [-0.1, -0.05) is 0 Å². The molecule has 2 fully saturated rings. The van der Waals surface area contributed by atoms with Crippen LogP contribution < -0.4 is 21.7 Å². The number of likely N-dealkylation sites (tertiary alicyclic amines) is 1. The third-order valence-corrected chi connectivity index (χ3v) is 6.48. The average molecular weight is 513 g/mol. The summed E-state index contributed by atoms with van der Waals surface area (Å²) >= 11 is 0. The number of nitrogen functional groups attached to an aromatic ring is 1. The first-order chi connectivity index (χ1) is 17.0. The van der Waals surface area contributed by atoms with E-state index < -0.39 is 53.2 Å². The standard InChI is InChI=1S/C22H24F5N7O2/c23-12-6-11(22(25,26)27)7-13(8-12)32-15-2-1-4-34(21(15)36)16-9-33(5-3-14(16)19(29)35)20-17(24)18(28)30-10-31-20/h6-8,10,14-16,32H,1-5,9H2,(H2,29,35)(H2,28,30,31)/t14-,15+,16?/m0/s1. The molecule has 36 heavy (non-hydrogen) atoms. The molecule has 3 heterocycles. The van der Waals surface area contributed by atoms with Crippen LogP contribution in [0.25, 0.3) is 0 Å². The van der Waals surface area contributed by atoms with E-state index in [1.54, 1.807) is 4.90 Å². The molecule has 194 valence electrons. The summed E-state index contributed by atoms with van der Waals surface area (Å²) in [4.78, 5) is 36.1. The van der Waals surface area contributed by atoms with Crippen LogP contribution in [-0.2, 0) is 15.8 Å². The molecule has 1 aromatic heterocycles. The van der Waals surface area contributed by atoms with Gasteiger partial charge in [0.1, 0.15) is 18.2 Å². The van der Waals surface area contributed by atoms with Gasteiger partial charge >= 0.3 is 6.18 Å². The van der Waals surface area contributed by atoms with Gasteiger partial charge in [0.15, 0.2) is 11.6 Å². The Kier molecular flexibility index (Phi) is 6.87. The molecule has 2 saturated heterocycles. The number of alkyl halides is 3. The largest absolute Gasteiger partial charge is 0.416 e. The Morgan fingerprint density at radius 2 is 1.86 bits per heavy atom. The predicted molar refractivity (Wildman–Crippen MR) is 119 cm³/mol. The van der Waals surface area contributed by atoms with Gasteiger partial charge in [-0.15, -0.1) is 0 Å². The van der Waals surface area contributed by atoms with Crippen molar-refractivity contribution in [1.29, 1.82) is 0 Å². The first-order valence-electron chi connectivity index (χ1n) is 11.2. The number of hydrogen-bond donors (Lipinski definition) is 3. The molecule has 0 saturated carbocycles. The molecule has 0 aliphatic carbocycles. The number of nitrogens with zero attached hydrogens (tertiary/aromatic N) is 4. The van der Waals surface area contributed by atoms with Crippen molar-refractivity contribution in [2.75, 3.05) is 35.6 Å². The Labute approximate surface area is 202 Å². The van der Waals surface area contributed by atoms with Crippen LogP contribution in [0.1, 0.15) is 24.8 Å². The number of rotatable bonds is 5. The Morgan fingerprint density at radius 3 is 2.56 bits per heavy atom. The summed E-state index contributed by atoms with van der Waals surface area (Å²) in [5.74, 6) is -4.21. The van der Waals surface area contributed by atoms with Gasteiger partial charge in [0, 0.05) is 25.3 Å². The molecule has 2 amide bonds. The van der Waals surface area contributed by atoms with E-state index in [2.05, 4.69) is 15.3 Å². The average Bonchev–Trinajstić information content (AvgIpc) is 2.81. The molecule has 0 spiro atoms. The zero-order chi connectivity index (χ0) is 26.2. The van der Waals surface area contributed by atoms with Gasteiger partial charge < -0.3 is 26.6 Å². The van der Waals surface area contributed by atoms with E-state index in [1.807, 2.05) is 0 Å². The van der Waals surface area contributed by atoms with Crippen LogP contribution in [0.4, 0.5) is 39.3 Å². The van der Waals surface area contributed by atoms with Gasteiger partial charge in [-0.05, 0) is 37.5 Å². The van der Waals surface area contributed by atoms with Crippen molar-refractivity contribution >= 4 is 29.1 Å². The molecular formula is C22H24F5N7O2. The minimum Gasteiger partial charge on any atom is -0.381 e. The third kappa shape index (κ3) is 5.11. The monoisotopic (exact) mass is 513 g/mol. The van der Waals surface area contributed by atoms with Gasteiger partial charge in [-0.3, -0.25) is 9.59 Å². The number of carbonyl (C=O) groups is 2. The minimum atomic E-state index is -4.76. The fourth-order valence-electron chi connectivity index (χ4n) is 4.77. The number of hydrogen-bond acceptors (Lipinski definition) is 7. The van der Waals surface area contributed by atoms with Crippen molar-refractivity contribution in [3.8, 4) is 0 Å². The first kappa shape index (κ1) is 25.4. The lowest BCUT2D eigenvalue weighted by Gasteiger charge is -2.46. The highest BCUT2D eigenvalue weighted by atomic mass is 19.4. The highest BCUT2D eigenvalue weighted by Gasteiger charge is 2.43. The van der Waals surface area contributed by atoms with Crippen molar-refractivity contribution in [2.45, 2.75) is 37.5 Å². The summed E-state index contributed by atoms with van der Waals surface area (Å²) in [5.41, 5.74) is 9.76. The van der Waals surface area contributed by atoms with Gasteiger partial charge in [0.05, 0.1) is 17.5 Å². The topological polar surface area (TPSA) is 130 Å². The number of anilines is 3. The van der Waals surface area contributed by atoms with Crippen molar-refractivity contribution in [3.05, 3.63) is 41.7 Å². The van der Waals surface area contributed by atoms with E-state index in [0.29, 0.717) is 12.5 Å². The van der Waals surface area contributed by atoms with Crippen LogP contribution in [-0.4, -0.2) is 58.4 Å². The second-order valence-corrected chi connectivity index (χ2v) is 8.80. The number of aromatic nitrogens is 2. The maximum absolute atomic E-state index is 14.6. The van der Waals surface area contributed by atoms with E-state index in [9.17, 15) is 31.5 Å². The summed E-state index contributed by atoms with van der Waals surface area (Å²) in [6.45, 7) is 0.507. The molecular weight excluding hydrogens is 489 g/mol. The molecule has 4 rings (SSSR count). The zero-order valence-electron chi connectivity index (χ0n) is 18.9. The molecule has 2 aromatic rings. The van der Waals surface area contributed by atoms with E-state index in [0.717, 1.165) is 18.5 Å². The molecule has 5 N–H and O–H groups in total. The van der Waals surface area contributed by atoms with E-state index in [1.165, 1.54) is 4.90 Å². The zero-order valence-corrected chi connectivity index (χ0v) is 18.9. The summed E-state index contributed by atoms with van der Waals surface area (Å²) < 4.78 is 67.7. The Hall–Kier alpha value is -3.71. The summed E-state index contributed by atoms with van der Waals surface area (Å²) in [7, 11) is 0. The quantitative estimate of drug-likeness (QED) is 0.523. The molecule has 2 aliphatic heterocycles. The van der Waals surface area contributed by atoms with Gasteiger partial charge in [0.25, 0.3) is 0 Å². The summed E-state index contributed by atoms with van der Waals surface area (Å²) in [6, 6.07) is 0.261. The van der Waals surface area contributed by atoms with Crippen LogP contribution in [0.2, 0.25) is 0 Å². The molecule has 2 aliphatic rings. The molecule has 14 heteroatoms. The van der Waals surface area contributed by atoms with Gasteiger partial charge in [0.2, 0.25) is 17.6 Å². The van der Waals surface area contributed by atoms with Crippen LogP contribution in [0.15, 0.2) is 24.5 Å². The van der Waals surface area contributed by atoms with Crippen molar-refractivity contribution in [3.63, 3.8) is 0 Å². The number of piperidine rings is 2. The third-order valence-electron chi connectivity index (χ3n) is 6.48. The fourth-order valence-corrected chi connectivity index (χ4v) is 4.77. The number of amides is 2. The van der Waals surface area contributed by atoms with Gasteiger partial charge in [-0.25, -0.2) is 14.4 Å². The molecule has 1 unspecified atom stereocenters. The summed E-state index contributed by atoms with van der Waals surface area (Å²) in [5, 5.41) is 2.70. The maximum Gasteiger partial charge on any atom is 0.416 e. The number of primary amides is 1. The Balaban J connectivity index is 1.57. The van der Waals surface area contributed by atoms with Crippen LogP contribution in [0.3, 0.4) is 0 Å². The van der Waals surface area contributed by atoms with Crippen molar-refractivity contribution in [1.82, 2.24) is 14.9 Å². The maximum atomic E-state index is 14.6. The smallest absolute Gasteiger partial charge is 0.381 e. The van der Waals surface area contributed by atoms with Crippen LogP contribution in [0.5, 0.6) is 0 Å². The van der Waals surface area contributed by atoms with Crippen LogP contribution in [0, 0.1) is 17.6 Å². The second-order valence-electron chi connectivity index (χ2n) is 8.80. The number of nitrogens with two attached hydrogens (primary N) is 2. The van der Waals surface area contributed by atoms with E-state index in [-0.39, 0.29) is 49.8 Å². The number of carbonyl (C=O) groups excluding carboxylic acids is 2. The normalized spacial score (nSPS) is 23.0. The highest BCUT2D eigenvalue weighted by molar-refractivity contribution is 5.87. The predicted octanol–water partition coefficient (Wildman–Crippen LogP) is 2.14. The van der Waals surface area contributed by atoms with Gasteiger partial charge in [-0.2, -0.15) is 17.6 Å². The number of halogens is 5. The van der Waals surface area contributed by atoms with E-state index >= 15 is 0 Å². The van der Waals surface area contributed by atoms with E-state index in [4.69, 9.17) is 11.5 Å². The SMILES string of the molecule is NC(=O)[C@H]1CCN(c2ncnc(N)c2F)CC1N1CCC[C@@H](Nc2cc(F)cc(C(F)(F)F)c2)C1=O. The van der Waals surface area contributed by atoms with Crippen LogP contribution >= 0.6 is 0 Å². The molecule has 0 bridgehead atoms. The second kappa shape index (κ2) is 9.74. The molecule has 1 aromatic carbocycles. The minimum absolute atomic E-state index is 0.0254. The Bertz CT molecular complexity index is 1160. The number of nitrogens with one attached hydrogen (secondary N) is 1. The summed E-state index contributed by atoms with van der Waals surface area (Å²) in [6.07, 6.45) is -2.71. The Morgan fingerprint density at radius 1 is 1.11 bits per heavy atom. The molecule has 3 atom stereocenters.